The molecule has 0 spiro atoms. The molecule has 1 aromatic heterocycles. The summed E-state index contributed by atoms with van der Waals surface area (Å²) >= 11 is 0. The zero-order valence-corrected chi connectivity index (χ0v) is 12.1. The van der Waals surface area contributed by atoms with E-state index in [0.717, 1.165) is 0 Å². The van der Waals surface area contributed by atoms with Crippen molar-refractivity contribution in [2.75, 3.05) is 13.1 Å². The number of H-pyrrole nitrogens is 1. The van der Waals surface area contributed by atoms with Crippen LogP contribution in [0.2, 0.25) is 0 Å². The van der Waals surface area contributed by atoms with Gasteiger partial charge in [0.2, 0.25) is 10.0 Å². The fourth-order valence-electron chi connectivity index (χ4n) is 2.15. The average molecular weight is 296 g/mol. The smallest absolute Gasteiger partial charge is 0.337 e. The van der Waals surface area contributed by atoms with E-state index >= 15 is 0 Å². The van der Waals surface area contributed by atoms with Crippen LogP contribution in [0.1, 0.15) is 24.2 Å². The number of rotatable bonds is 5. The van der Waals surface area contributed by atoms with Gasteiger partial charge >= 0.3 is 5.97 Å². The Morgan fingerprint density at radius 2 is 1.95 bits per heavy atom. The largest absolute Gasteiger partial charge is 0.478 e. The van der Waals surface area contributed by atoms with Crippen LogP contribution in [-0.4, -0.2) is 41.9 Å². The second-order valence-corrected chi connectivity index (χ2v) is 6.24. The van der Waals surface area contributed by atoms with Gasteiger partial charge in [0.1, 0.15) is 0 Å². The Hall–Kier alpha value is -1.86. The first kappa shape index (κ1) is 14.5. The molecule has 0 bridgehead atoms. The molecule has 0 aliphatic rings. The second-order valence-electron chi connectivity index (χ2n) is 4.30. The van der Waals surface area contributed by atoms with Crippen LogP contribution in [0.5, 0.6) is 0 Å². The Balaban J connectivity index is 2.61. The van der Waals surface area contributed by atoms with Gasteiger partial charge in [0, 0.05) is 30.2 Å². The minimum atomic E-state index is -3.59. The van der Waals surface area contributed by atoms with E-state index in [4.69, 9.17) is 5.11 Å². The summed E-state index contributed by atoms with van der Waals surface area (Å²) in [5.74, 6) is -1.09. The standard InChI is InChI=1S/C13H16N2O4S/c1-3-15(4-2)20(18,19)9-5-6-12-10(7-9)11(8-14-12)13(16)17/h5-8,14H,3-4H2,1-2H3,(H,16,17). The van der Waals surface area contributed by atoms with E-state index in [2.05, 4.69) is 4.98 Å². The average Bonchev–Trinajstić information content (AvgIpc) is 2.82. The van der Waals surface area contributed by atoms with Crippen LogP contribution in [0.4, 0.5) is 0 Å². The molecule has 108 valence electrons. The normalized spacial score (nSPS) is 12.2. The number of sulfonamides is 1. The topological polar surface area (TPSA) is 90.5 Å². The summed E-state index contributed by atoms with van der Waals surface area (Å²) in [6, 6.07) is 4.47. The van der Waals surface area contributed by atoms with Gasteiger partial charge in [-0.05, 0) is 18.2 Å². The van der Waals surface area contributed by atoms with Gasteiger partial charge < -0.3 is 10.1 Å². The molecule has 2 rings (SSSR count). The van der Waals surface area contributed by atoms with Crippen LogP contribution in [-0.2, 0) is 10.0 Å². The van der Waals surface area contributed by atoms with Gasteiger partial charge in [-0.3, -0.25) is 0 Å². The number of carboxylic acid groups (broad SMARTS) is 1. The highest BCUT2D eigenvalue weighted by atomic mass is 32.2. The third-order valence-electron chi connectivity index (χ3n) is 3.23. The summed E-state index contributed by atoms with van der Waals surface area (Å²) in [6.45, 7) is 4.27. The predicted molar refractivity (Wildman–Crippen MR) is 75.4 cm³/mol. The molecule has 0 saturated heterocycles. The molecule has 6 nitrogen and oxygen atoms in total. The van der Waals surface area contributed by atoms with Gasteiger partial charge in [-0.15, -0.1) is 0 Å². The van der Waals surface area contributed by atoms with Crippen molar-refractivity contribution in [3.05, 3.63) is 30.0 Å². The molecule has 7 heteroatoms. The lowest BCUT2D eigenvalue weighted by molar-refractivity contribution is 0.0699. The van der Waals surface area contributed by atoms with Gasteiger partial charge in [-0.2, -0.15) is 4.31 Å². The van der Waals surface area contributed by atoms with E-state index in [1.807, 2.05) is 0 Å². The number of aromatic carboxylic acids is 1. The third-order valence-corrected chi connectivity index (χ3v) is 5.27. The van der Waals surface area contributed by atoms with Crippen LogP contribution in [0, 0.1) is 0 Å². The Morgan fingerprint density at radius 3 is 2.50 bits per heavy atom. The van der Waals surface area contributed by atoms with Crippen LogP contribution in [0.15, 0.2) is 29.3 Å². The van der Waals surface area contributed by atoms with Gasteiger partial charge in [-0.1, -0.05) is 13.8 Å². The number of carbonyl (C=O) groups is 1. The molecule has 0 atom stereocenters. The van der Waals surface area contributed by atoms with Crippen molar-refractivity contribution in [3.63, 3.8) is 0 Å². The van der Waals surface area contributed by atoms with E-state index in [9.17, 15) is 13.2 Å². The zero-order valence-electron chi connectivity index (χ0n) is 11.3. The van der Waals surface area contributed by atoms with E-state index < -0.39 is 16.0 Å². The summed E-state index contributed by atoms with van der Waals surface area (Å²) in [6.07, 6.45) is 1.36. The van der Waals surface area contributed by atoms with Crippen molar-refractivity contribution in [3.8, 4) is 0 Å². The molecule has 0 radical (unpaired) electrons. The van der Waals surface area contributed by atoms with Crippen LogP contribution in [0.25, 0.3) is 10.9 Å². The van der Waals surface area contributed by atoms with Crippen molar-refractivity contribution in [2.45, 2.75) is 18.7 Å². The van der Waals surface area contributed by atoms with Gasteiger partial charge in [-0.25, -0.2) is 13.2 Å². The Morgan fingerprint density at radius 1 is 1.30 bits per heavy atom. The molecule has 0 fully saturated rings. The lowest BCUT2D eigenvalue weighted by Gasteiger charge is -2.18. The monoisotopic (exact) mass is 296 g/mol. The molecule has 2 N–H and O–H groups in total. The molecular formula is C13H16N2O4S. The highest BCUT2D eigenvalue weighted by molar-refractivity contribution is 7.89. The number of fused-ring (bicyclic) bond motifs is 1. The van der Waals surface area contributed by atoms with Gasteiger partial charge in [0.05, 0.1) is 10.5 Å². The molecular weight excluding hydrogens is 280 g/mol. The van der Waals surface area contributed by atoms with Crippen molar-refractivity contribution < 1.29 is 18.3 Å². The quantitative estimate of drug-likeness (QED) is 0.881. The molecule has 0 amide bonds. The fourth-order valence-corrected chi connectivity index (χ4v) is 3.63. The van der Waals surface area contributed by atoms with E-state index in [1.54, 1.807) is 19.9 Å². The van der Waals surface area contributed by atoms with Crippen LogP contribution < -0.4 is 0 Å². The van der Waals surface area contributed by atoms with Crippen LogP contribution in [0.3, 0.4) is 0 Å². The molecule has 0 aliphatic carbocycles. The minimum Gasteiger partial charge on any atom is -0.478 e. The number of hydrogen-bond donors (Lipinski definition) is 2. The van der Waals surface area contributed by atoms with E-state index in [1.165, 1.54) is 22.6 Å². The van der Waals surface area contributed by atoms with Gasteiger partial charge in [0.25, 0.3) is 0 Å². The van der Waals surface area contributed by atoms with Crippen molar-refractivity contribution in [2.24, 2.45) is 0 Å². The second kappa shape index (κ2) is 5.26. The first-order valence-corrected chi connectivity index (χ1v) is 7.70. The molecule has 1 aromatic carbocycles. The SMILES string of the molecule is CCN(CC)S(=O)(=O)c1ccc2[nH]cc(C(=O)O)c2c1. The summed E-state index contributed by atoms with van der Waals surface area (Å²) < 4.78 is 26.2. The van der Waals surface area contributed by atoms with Crippen molar-refractivity contribution >= 4 is 26.9 Å². The Labute approximate surface area is 117 Å². The number of nitrogens with zero attached hydrogens (tertiary/aromatic N) is 1. The highest BCUT2D eigenvalue weighted by Gasteiger charge is 2.22. The molecule has 0 aliphatic heterocycles. The maximum absolute atomic E-state index is 12.4. The molecule has 20 heavy (non-hydrogen) atoms. The summed E-state index contributed by atoms with van der Waals surface area (Å²) in [4.78, 5) is 14.0. The molecule has 0 saturated carbocycles. The van der Waals surface area contributed by atoms with Crippen LogP contribution >= 0.6 is 0 Å². The van der Waals surface area contributed by atoms with E-state index in [0.29, 0.717) is 24.0 Å². The molecule has 0 unspecified atom stereocenters. The number of aromatic amines is 1. The van der Waals surface area contributed by atoms with E-state index in [-0.39, 0.29) is 10.5 Å². The maximum Gasteiger partial charge on any atom is 0.337 e. The predicted octanol–water partition coefficient (Wildman–Crippen LogP) is 1.90. The lowest BCUT2D eigenvalue weighted by atomic mass is 10.2. The first-order valence-electron chi connectivity index (χ1n) is 6.26. The minimum absolute atomic E-state index is 0.0663. The number of nitrogens with one attached hydrogen (secondary N) is 1. The summed E-state index contributed by atoms with van der Waals surface area (Å²) in [5, 5.41) is 9.48. The fraction of sp³-hybridized carbons (Fsp3) is 0.308. The lowest BCUT2D eigenvalue weighted by Crippen LogP contribution is -2.30. The number of aromatic nitrogens is 1. The molecule has 1 heterocycles. The highest BCUT2D eigenvalue weighted by Crippen LogP contribution is 2.24. The molecule has 2 aromatic rings. The van der Waals surface area contributed by atoms with Crippen molar-refractivity contribution in [1.29, 1.82) is 0 Å². The zero-order chi connectivity index (χ0) is 14.9. The third kappa shape index (κ3) is 2.30. The first-order chi connectivity index (χ1) is 9.41. The summed E-state index contributed by atoms with van der Waals surface area (Å²) in [7, 11) is -3.59. The number of benzene rings is 1. The number of carboxylic acids is 1. The Bertz CT molecular complexity index is 745. The maximum atomic E-state index is 12.4. The number of hydrogen-bond acceptors (Lipinski definition) is 3. The van der Waals surface area contributed by atoms with Crippen molar-refractivity contribution in [1.82, 2.24) is 9.29 Å². The van der Waals surface area contributed by atoms with Gasteiger partial charge in [0.15, 0.2) is 0 Å². The Kier molecular flexibility index (Phi) is 3.82. The summed E-state index contributed by atoms with van der Waals surface area (Å²) in [5.41, 5.74) is 0.664.